The molecule has 0 aliphatic carbocycles. The van der Waals surface area contributed by atoms with E-state index >= 15 is 0 Å². The molecule has 4 nitrogen and oxygen atoms in total. The van der Waals surface area contributed by atoms with E-state index in [1.165, 1.54) is 6.07 Å². The van der Waals surface area contributed by atoms with Crippen LogP contribution >= 0.6 is 11.6 Å². The van der Waals surface area contributed by atoms with Crippen LogP contribution in [0.4, 0.5) is 10.1 Å². The molecule has 2 N–H and O–H groups in total. The van der Waals surface area contributed by atoms with Crippen LogP contribution in [0.3, 0.4) is 0 Å². The van der Waals surface area contributed by atoms with Crippen LogP contribution in [0.1, 0.15) is 22.8 Å². The summed E-state index contributed by atoms with van der Waals surface area (Å²) in [7, 11) is 0. The lowest BCUT2D eigenvalue weighted by molar-refractivity contribution is -0.112. The number of rotatable bonds is 4. The van der Waals surface area contributed by atoms with Gasteiger partial charge >= 0.3 is 5.97 Å². The molecule has 0 aliphatic heterocycles. The third-order valence-corrected chi connectivity index (χ3v) is 4.51. The molecule has 0 aromatic heterocycles. The first-order chi connectivity index (χ1) is 12.9. The van der Waals surface area contributed by atoms with Gasteiger partial charge in [0.15, 0.2) is 0 Å². The topological polar surface area (TPSA) is 66.4 Å². The number of fused-ring (bicyclic) bond motifs is 1. The first-order valence-electron chi connectivity index (χ1n) is 8.06. The zero-order valence-electron chi connectivity index (χ0n) is 14.3. The number of hydrogen-bond donors (Lipinski definition) is 2. The third kappa shape index (κ3) is 3.99. The minimum Gasteiger partial charge on any atom is -0.478 e. The predicted molar refractivity (Wildman–Crippen MR) is 105 cm³/mol. The number of nitrogens with one attached hydrogen (secondary N) is 1. The summed E-state index contributed by atoms with van der Waals surface area (Å²) in [5.74, 6) is -2.53. The fourth-order valence-corrected chi connectivity index (χ4v) is 2.97. The molecule has 0 aliphatic rings. The highest BCUT2D eigenvalue weighted by Crippen LogP contribution is 2.29. The summed E-state index contributed by atoms with van der Waals surface area (Å²) in [5, 5.41) is 14.0. The molecule has 0 atom stereocenters. The van der Waals surface area contributed by atoms with Crippen molar-refractivity contribution in [2.45, 2.75) is 6.92 Å². The first-order valence-corrected chi connectivity index (χ1v) is 8.44. The zero-order chi connectivity index (χ0) is 19.6. The molecule has 3 aromatic carbocycles. The molecule has 0 radical (unpaired) electrons. The van der Waals surface area contributed by atoms with Gasteiger partial charge in [-0.15, -0.1) is 0 Å². The Balaban J connectivity index is 1.90. The van der Waals surface area contributed by atoms with Crippen molar-refractivity contribution in [1.82, 2.24) is 0 Å². The highest BCUT2D eigenvalue weighted by molar-refractivity contribution is 6.37. The number of aromatic carboxylic acids is 1. The van der Waals surface area contributed by atoms with E-state index in [0.29, 0.717) is 16.2 Å². The summed E-state index contributed by atoms with van der Waals surface area (Å²) in [6.45, 7) is 1.59. The Labute approximate surface area is 159 Å². The smallest absolute Gasteiger partial charge is 0.337 e. The molecular weight excluding hydrogens is 369 g/mol. The third-order valence-electron chi connectivity index (χ3n) is 4.08. The van der Waals surface area contributed by atoms with Gasteiger partial charge in [-0.1, -0.05) is 48.0 Å². The highest BCUT2D eigenvalue weighted by Gasteiger charge is 2.15. The lowest BCUT2D eigenvalue weighted by Crippen LogP contribution is -2.15. The Hall–Kier alpha value is -3.18. The van der Waals surface area contributed by atoms with Crippen LogP contribution in [0, 0.1) is 5.82 Å². The maximum Gasteiger partial charge on any atom is 0.337 e. The fourth-order valence-electron chi connectivity index (χ4n) is 2.68. The molecule has 0 unspecified atom stereocenters. The minimum atomic E-state index is -1.33. The van der Waals surface area contributed by atoms with Gasteiger partial charge in [0.25, 0.3) is 5.91 Å². The lowest BCUT2D eigenvalue weighted by Gasteiger charge is -2.10. The number of amides is 1. The standard InChI is InChI=1S/C21H15ClFNO3/c1-12(10-14-7-6-13-4-2-3-5-16(13)19(14)22)20(25)24-18-9-8-15(23)11-17(18)21(26)27/h2-11H,1H3,(H,24,25)(H,26,27). The fraction of sp³-hybridized carbons (Fsp3) is 0.0476. The van der Waals surface area contributed by atoms with Crippen molar-refractivity contribution in [2.75, 3.05) is 5.32 Å². The number of carboxylic acid groups (broad SMARTS) is 1. The minimum absolute atomic E-state index is 0.0197. The van der Waals surface area contributed by atoms with Crippen LogP contribution in [-0.2, 0) is 4.79 Å². The second-order valence-corrected chi connectivity index (χ2v) is 6.34. The maximum absolute atomic E-state index is 13.3. The average Bonchev–Trinajstić information content (AvgIpc) is 2.65. The molecule has 3 aromatic rings. The molecule has 0 spiro atoms. The normalized spacial score (nSPS) is 11.4. The van der Waals surface area contributed by atoms with E-state index in [2.05, 4.69) is 5.32 Å². The summed E-state index contributed by atoms with van der Waals surface area (Å²) in [5.41, 5.74) is 0.694. The van der Waals surface area contributed by atoms with Crippen LogP contribution < -0.4 is 5.32 Å². The highest BCUT2D eigenvalue weighted by atomic mass is 35.5. The molecule has 136 valence electrons. The van der Waals surface area contributed by atoms with Crippen molar-refractivity contribution >= 4 is 46.0 Å². The Kier molecular flexibility index (Phi) is 5.23. The van der Waals surface area contributed by atoms with Gasteiger partial charge in [0.2, 0.25) is 0 Å². The van der Waals surface area contributed by atoms with Crippen molar-refractivity contribution < 1.29 is 19.1 Å². The van der Waals surface area contributed by atoms with Crippen molar-refractivity contribution in [2.24, 2.45) is 0 Å². The van der Waals surface area contributed by atoms with Crippen LogP contribution in [0.2, 0.25) is 5.02 Å². The Morgan fingerprint density at radius 1 is 1.11 bits per heavy atom. The molecule has 0 bridgehead atoms. The number of halogens is 2. The molecule has 0 heterocycles. The van der Waals surface area contributed by atoms with E-state index in [1.807, 2.05) is 36.4 Å². The van der Waals surface area contributed by atoms with Crippen molar-refractivity contribution in [3.05, 3.63) is 82.1 Å². The molecule has 0 saturated heterocycles. The maximum atomic E-state index is 13.3. The molecular formula is C21H15ClFNO3. The van der Waals surface area contributed by atoms with E-state index in [1.54, 1.807) is 13.0 Å². The SMILES string of the molecule is CC(=Cc1ccc2ccccc2c1Cl)C(=O)Nc1ccc(F)cc1C(=O)O. The van der Waals surface area contributed by atoms with Gasteiger partial charge in [-0.05, 0) is 42.1 Å². The van der Waals surface area contributed by atoms with E-state index in [0.717, 1.165) is 22.9 Å². The van der Waals surface area contributed by atoms with Crippen LogP contribution in [0.5, 0.6) is 0 Å². The van der Waals surface area contributed by atoms with E-state index in [-0.39, 0.29) is 11.3 Å². The Bertz CT molecular complexity index is 1090. The van der Waals surface area contributed by atoms with Crippen molar-refractivity contribution in [3.8, 4) is 0 Å². The van der Waals surface area contributed by atoms with Crippen molar-refractivity contribution in [1.29, 1.82) is 0 Å². The first kappa shape index (κ1) is 18.6. The quantitative estimate of drug-likeness (QED) is 0.595. The number of benzene rings is 3. The number of hydrogen-bond acceptors (Lipinski definition) is 2. The number of carboxylic acids is 1. The van der Waals surface area contributed by atoms with Gasteiger partial charge in [0, 0.05) is 11.0 Å². The molecule has 27 heavy (non-hydrogen) atoms. The molecule has 6 heteroatoms. The molecule has 0 fully saturated rings. The second kappa shape index (κ2) is 7.60. The van der Waals surface area contributed by atoms with Gasteiger partial charge in [-0.25, -0.2) is 9.18 Å². The van der Waals surface area contributed by atoms with Gasteiger partial charge in [0.1, 0.15) is 5.82 Å². The lowest BCUT2D eigenvalue weighted by atomic mass is 10.0. The molecule has 0 saturated carbocycles. The number of carbonyl (C=O) groups is 2. The summed E-state index contributed by atoms with van der Waals surface area (Å²) in [6.07, 6.45) is 1.62. The average molecular weight is 384 g/mol. The van der Waals surface area contributed by atoms with Gasteiger partial charge in [-0.2, -0.15) is 0 Å². The van der Waals surface area contributed by atoms with Gasteiger partial charge in [0.05, 0.1) is 16.3 Å². The second-order valence-electron chi connectivity index (χ2n) is 5.97. The van der Waals surface area contributed by atoms with Crippen LogP contribution in [0.25, 0.3) is 16.8 Å². The van der Waals surface area contributed by atoms with Crippen LogP contribution in [-0.4, -0.2) is 17.0 Å². The Morgan fingerprint density at radius 2 is 1.85 bits per heavy atom. The van der Waals surface area contributed by atoms with E-state index < -0.39 is 17.7 Å². The van der Waals surface area contributed by atoms with E-state index in [9.17, 15) is 14.0 Å². The summed E-state index contributed by atoms with van der Waals surface area (Å²) < 4.78 is 13.3. The zero-order valence-corrected chi connectivity index (χ0v) is 15.0. The summed E-state index contributed by atoms with van der Waals surface area (Å²) >= 11 is 6.44. The van der Waals surface area contributed by atoms with Crippen molar-refractivity contribution in [3.63, 3.8) is 0 Å². The molecule has 1 amide bonds. The number of anilines is 1. The van der Waals surface area contributed by atoms with Gasteiger partial charge in [-0.3, -0.25) is 4.79 Å². The van der Waals surface area contributed by atoms with Crippen LogP contribution in [0.15, 0.2) is 60.2 Å². The number of carbonyl (C=O) groups excluding carboxylic acids is 1. The van der Waals surface area contributed by atoms with E-state index in [4.69, 9.17) is 16.7 Å². The largest absolute Gasteiger partial charge is 0.478 e. The summed E-state index contributed by atoms with van der Waals surface area (Å²) in [4.78, 5) is 23.7. The predicted octanol–water partition coefficient (Wildman–Crippen LogP) is 5.37. The molecule has 3 rings (SSSR count). The monoisotopic (exact) mass is 383 g/mol. The Morgan fingerprint density at radius 3 is 2.59 bits per heavy atom. The van der Waals surface area contributed by atoms with Gasteiger partial charge < -0.3 is 10.4 Å². The summed E-state index contributed by atoms with van der Waals surface area (Å²) in [6, 6.07) is 14.5.